The molecular weight excluding hydrogens is 414 g/mol. The minimum atomic E-state index is -0.0860. The maximum Gasteiger partial charge on any atom is 0.232 e. The summed E-state index contributed by atoms with van der Waals surface area (Å²) in [5.74, 6) is 1.05. The van der Waals surface area contributed by atoms with Crippen molar-refractivity contribution in [2.75, 3.05) is 17.7 Å². The number of rotatable bonds is 4. The minimum Gasteiger partial charge on any atom is -0.339 e. The molecule has 0 bridgehead atoms. The molecule has 2 heterocycles. The SMILES string of the molecule is CSc1cccc(N2CC(c3nc(-c4ccc(Br)cc4)no3)CC2=O)c1. The quantitative estimate of drug-likeness (QED) is 0.560. The molecule has 5 nitrogen and oxygen atoms in total. The molecule has 0 radical (unpaired) electrons. The van der Waals surface area contributed by atoms with Crippen LogP contribution < -0.4 is 4.90 Å². The van der Waals surface area contributed by atoms with Crippen LogP contribution in [0.25, 0.3) is 11.4 Å². The van der Waals surface area contributed by atoms with Gasteiger partial charge in [0.15, 0.2) is 0 Å². The number of carbonyl (C=O) groups is 1. The van der Waals surface area contributed by atoms with Crippen LogP contribution in [0.4, 0.5) is 5.69 Å². The number of hydrogen-bond donors (Lipinski definition) is 0. The van der Waals surface area contributed by atoms with E-state index in [0.29, 0.717) is 24.7 Å². The number of benzene rings is 2. The van der Waals surface area contributed by atoms with Crippen molar-refractivity contribution in [2.24, 2.45) is 0 Å². The molecule has 1 fully saturated rings. The maximum atomic E-state index is 12.5. The lowest BCUT2D eigenvalue weighted by Gasteiger charge is -2.16. The fraction of sp³-hybridized carbons (Fsp3) is 0.211. The standard InChI is InChI=1S/C19H16BrN3O2S/c1-26-16-4-2-3-15(10-16)23-11-13(9-17(23)24)19-21-18(22-25-19)12-5-7-14(20)8-6-12/h2-8,10,13H,9,11H2,1H3. The summed E-state index contributed by atoms with van der Waals surface area (Å²) < 4.78 is 6.45. The molecule has 26 heavy (non-hydrogen) atoms. The predicted molar refractivity (Wildman–Crippen MR) is 105 cm³/mol. The van der Waals surface area contributed by atoms with E-state index in [1.807, 2.05) is 54.8 Å². The van der Waals surface area contributed by atoms with E-state index < -0.39 is 0 Å². The lowest BCUT2D eigenvalue weighted by molar-refractivity contribution is -0.117. The number of amides is 1. The summed E-state index contributed by atoms with van der Waals surface area (Å²) in [5, 5.41) is 4.08. The first-order valence-corrected chi connectivity index (χ1v) is 10.2. The molecule has 2 aromatic carbocycles. The average molecular weight is 430 g/mol. The Bertz CT molecular complexity index is 942. The van der Waals surface area contributed by atoms with E-state index in [1.54, 1.807) is 16.7 Å². The van der Waals surface area contributed by atoms with Crippen molar-refractivity contribution in [1.82, 2.24) is 10.1 Å². The zero-order chi connectivity index (χ0) is 18.1. The summed E-state index contributed by atoms with van der Waals surface area (Å²) in [5.41, 5.74) is 1.80. The second kappa shape index (κ2) is 7.25. The van der Waals surface area contributed by atoms with Crippen LogP contribution in [0.1, 0.15) is 18.2 Å². The summed E-state index contributed by atoms with van der Waals surface area (Å²) in [6, 6.07) is 15.7. The Morgan fingerprint density at radius 2 is 2.04 bits per heavy atom. The molecular formula is C19H16BrN3O2S. The van der Waals surface area contributed by atoms with Crippen molar-refractivity contribution in [3.8, 4) is 11.4 Å². The smallest absolute Gasteiger partial charge is 0.232 e. The van der Waals surface area contributed by atoms with E-state index in [2.05, 4.69) is 26.1 Å². The zero-order valence-electron chi connectivity index (χ0n) is 14.1. The lowest BCUT2D eigenvalue weighted by atomic mass is 10.1. The predicted octanol–water partition coefficient (Wildman–Crippen LogP) is 4.74. The van der Waals surface area contributed by atoms with Crippen molar-refractivity contribution in [1.29, 1.82) is 0 Å². The van der Waals surface area contributed by atoms with Crippen molar-refractivity contribution in [3.05, 3.63) is 58.9 Å². The molecule has 7 heteroatoms. The van der Waals surface area contributed by atoms with Gasteiger partial charge in [0.1, 0.15) is 0 Å². The van der Waals surface area contributed by atoms with E-state index in [4.69, 9.17) is 4.52 Å². The van der Waals surface area contributed by atoms with Gasteiger partial charge in [-0.05, 0) is 48.7 Å². The van der Waals surface area contributed by atoms with Crippen molar-refractivity contribution < 1.29 is 9.32 Å². The minimum absolute atomic E-state index is 0.0802. The van der Waals surface area contributed by atoms with Gasteiger partial charge in [0.2, 0.25) is 17.6 Å². The molecule has 1 atom stereocenters. The van der Waals surface area contributed by atoms with E-state index >= 15 is 0 Å². The highest BCUT2D eigenvalue weighted by Crippen LogP contribution is 2.33. The molecule has 0 saturated carbocycles. The number of nitrogens with zero attached hydrogens (tertiary/aromatic N) is 3. The van der Waals surface area contributed by atoms with Crippen LogP contribution in [-0.2, 0) is 4.79 Å². The Balaban J connectivity index is 1.54. The van der Waals surface area contributed by atoms with Gasteiger partial charge in [-0.15, -0.1) is 11.8 Å². The van der Waals surface area contributed by atoms with Gasteiger partial charge < -0.3 is 9.42 Å². The zero-order valence-corrected chi connectivity index (χ0v) is 16.5. The van der Waals surface area contributed by atoms with E-state index in [1.165, 1.54) is 0 Å². The van der Waals surface area contributed by atoms with Crippen LogP contribution in [-0.4, -0.2) is 28.8 Å². The van der Waals surface area contributed by atoms with Gasteiger partial charge in [-0.25, -0.2) is 0 Å². The van der Waals surface area contributed by atoms with Gasteiger partial charge in [-0.1, -0.05) is 27.2 Å². The van der Waals surface area contributed by atoms with Crippen LogP contribution in [0.15, 0.2) is 62.4 Å². The second-order valence-electron chi connectivity index (χ2n) is 6.07. The monoisotopic (exact) mass is 429 g/mol. The molecule has 1 aromatic heterocycles. The summed E-state index contributed by atoms with van der Waals surface area (Å²) in [6.07, 6.45) is 2.40. The van der Waals surface area contributed by atoms with Gasteiger partial charge in [0.05, 0.1) is 5.92 Å². The second-order valence-corrected chi connectivity index (χ2v) is 7.87. The molecule has 0 spiro atoms. The van der Waals surface area contributed by atoms with Gasteiger partial charge >= 0.3 is 0 Å². The molecule has 1 aliphatic rings. The van der Waals surface area contributed by atoms with Crippen molar-refractivity contribution in [2.45, 2.75) is 17.2 Å². The molecule has 4 rings (SSSR count). The van der Waals surface area contributed by atoms with E-state index in [-0.39, 0.29) is 11.8 Å². The topological polar surface area (TPSA) is 59.2 Å². The number of thioether (sulfide) groups is 1. The Hall–Kier alpha value is -2.12. The fourth-order valence-corrected chi connectivity index (χ4v) is 3.74. The normalized spacial score (nSPS) is 17.1. The average Bonchev–Trinajstić information content (AvgIpc) is 3.29. The largest absolute Gasteiger partial charge is 0.339 e. The van der Waals surface area contributed by atoms with E-state index in [9.17, 15) is 4.79 Å². The Labute approximate surface area is 163 Å². The molecule has 132 valence electrons. The Kier molecular flexibility index (Phi) is 4.82. The molecule has 1 aliphatic heterocycles. The first-order valence-electron chi connectivity index (χ1n) is 8.18. The fourth-order valence-electron chi connectivity index (χ4n) is 3.02. The Morgan fingerprint density at radius 3 is 2.81 bits per heavy atom. The third-order valence-electron chi connectivity index (χ3n) is 4.38. The summed E-state index contributed by atoms with van der Waals surface area (Å²) >= 11 is 5.07. The summed E-state index contributed by atoms with van der Waals surface area (Å²) in [4.78, 5) is 19.9. The number of halogens is 1. The summed E-state index contributed by atoms with van der Waals surface area (Å²) in [6.45, 7) is 0.554. The van der Waals surface area contributed by atoms with Crippen LogP contribution in [0, 0.1) is 0 Å². The van der Waals surface area contributed by atoms with Gasteiger partial charge in [0, 0.05) is 33.6 Å². The third kappa shape index (κ3) is 3.41. The Morgan fingerprint density at radius 1 is 1.23 bits per heavy atom. The highest BCUT2D eigenvalue weighted by atomic mass is 79.9. The van der Waals surface area contributed by atoms with Crippen molar-refractivity contribution >= 4 is 39.3 Å². The lowest BCUT2D eigenvalue weighted by Crippen LogP contribution is -2.24. The van der Waals surface area contributed by atoms with Gasteiger partial charge in [0.25, 0.3) is 0 Å². The van der Waals surface area contributed by atoms with Crippen LogP contribution >= 0.6 is 27.7 Å². The van der Waals surface area contributed by atoms with Crippen LogP contribution in [0.5, 0.6) is 0 Å². The van der Waals surface area contributed by atoms with E-state index in [0.717, 1.165) is 20.6 Å². The van der Waals surface area contributed by atoms with Crippen LogP contribution in [0.2, 0.25) is 0 Å². The molecule has 3 aromatic rings. The number of anilines is 1. The first-order chi connectivity index (χ1) is 12.6. The molecule has 1 unspecified atom stereocenters. The molecule has 0 N–H and O–H groups in total. The molecule has 0 aliphatic carbocycles. The summed E-state index contributed by atoms with van der Waals surface area (Å²) in [7, 11) is 0. The van der Waals surface area contributed by atoms with Crippen LogP contribution in [0.3, 0.4) is 0 Å². The van der Waals surface area contributed by atoms with Crippen molar-refractivity contribution in [3.63, 3.8) is 0 Å². The molecule has 1 amide bonds. The maximum absolute atomic E-state index is 12.5. The first kappa shape index (κ1) is 17.3. The number of aromatic nitrogens is 2. The highest BCUT2D eigenvalue weighted by Gasteiger charge is 2.35. The number of carbonyl (C=O) groups excluding carboxylic acids is 1. The third-order valence-corrected chi connectivity index (χ3v) is 5.64. The number of hydrogen-bond acceptors (Lipinski definition) is 5. The van der Waals surface area contributed by atoms with Gasteiger partial charge in [-0.2, -0.15) is 4.98 Å². The molecule has 1 saturated heterocycles. The van der Waals surface area contributed by atoms with Gasteiger partial charge in [-0.3, -0.25) is 4.79 Å². The highest BCUT2D eigenvalue weighted by molar-refractivity contribution is 9.10.